The molecule has 4 heteroatoms. The lowest BCUT2D eigenvalue weighted by Crippen LogP contribution is -2.16. The molecule has 0 atom stereocenters. The van der Waals surface area contributed by atoms with Crippen LogP contribution in [0, 0.1) is 6.92 Å². The lowest BCUT2D eigenvalue weighted by atomic mass is 9.97. The summed E-state index contributed by atoms with van der Waals surface area (Å²) in [4.78, 5) is 0. The summed E-state index contributed by atoms with van der Waals surface area (Å²) >= 11 is 6.57. The van der Waals surface area contributed by atoms with Crippen molar-refractivity contribution >= 4 is 11.6 Å². The zero-order chi connectivity index (χ0) is 20.5. The SMILES string of the molecule is CCOc1cc(CNCCC2=CCCCC2)cc(Cl)c1OCc1ccccc1C. The van der Waals surface area contributed by atoms with E-state index in [4.69, 9.17) is 21.1 Å². The minimum absolute atomic E-state index is 0.471. The van der Waals surface area contributed by atoms with E-state index < -0.39 is 0 Å². The molecular weight excluding hydrogens is 382 g/mol. The van der Waals surface area contributed by atoms with E-state index in [1.807, 2.05) is 31.2 Å². The standard InChI is InChI=1S/C25H32ClNO2/c1-3-28-24-16-21(17-27-14-13-20-10-5-4-6-11-20)15-23(26)25(24)29-18-22-12-8-7-9-19(22)2/h7-10,12,15-16,27H,3-6,11,13-14,17-18H2,1-2H3. The van der Waals surface area contributed by atoms with Crippen molar-refractivity contribution in [3.63, 3.8) is 0 Å². The van der Waals surface area contributed by atoms with Gasteiger partial charge in [-0.2, -0.15) is 0 Å². The summed E-state index contributed by atoms with van der Waals surface area (Å²) in [5.74, 6) is 1.33. The Morgan fingerprint density at radius 2 is 1.97 bits per heavy atom. The van der Waals surface area contributed by atoms with E-state index in [-0.39, 0.29) is 0 Å². The minimum atomic E-state index is 0.471. The van der Waals surface area contributed by atoms with E-state index in [2.05, 4.69) is 30.4 Å². The van der Waals surface area contributed by atoms with Gasteiger partial charge in [0.1, 0.15) is 6.61 Å². The molecule has 1 aliphatic rings. The van der Waals surface area contributed by atoms with Crippen LogP contribution >= 0.6 is 11.6 Å². The van der Waals surface area contributed by atoms with Crippen LogP contribution in [0.2, 0.25) is 5.02 Å². The number of benzene rings is 2. The molecule has 156 valence electrons. The molecule has 0 saturated heterocycles. The molecule has 0 bridgehead atoms. The van der Waals surface area contributed by atoms with Crippen LogP contribution in [0.1, 0.15) is 55.7 Å². The molecule has 0 amide bonds. The smallest absolute Gasteiger partial charge is 0.180 e. The van der Waals surface area contributed by atoms with Crippen LogP contribution in [-0.4, -0.2) is 13.2 Å². The third-order valence-electron chi connectivity index (χ3n) is 5.34. The first kappa shape index (κ1) is 21.7. The predicted molar refractivity (Wildman–Crippen MR) is 121 cm³/mol. The summed E-state index contributed by atoms with van der Waals surface area (Å²) in [6.45, 7) is 6.86. The number of ether oxygens (including phenoxy) is 2. The summed E-state index contributed by atoms with van der Waals surface area (Å²) in [6.07, 6.45) is 8.72. The largest absolute Gasteiger partial charge is 0.490 e. The molecule has 3 nitrogen and oxygen atoms in total. The van der Waals surface area contributed by atoms with E-state index in [9.17, 15) is 0 Å². The van der Waals surface area contributed by atoms with E-state index in [0.29, 0.717) is 29.7 Å². The highest BCUT2D eigenvalue weighted by atomic mass is 35.5. The fourth-order valence-corrected chi connectivity index (χ4v) is 3.95. The Kier molecular flexibility index (Phi) is 8.45. The summed E-state index contributed by atoms with van der Waals surface area (Å²) < 4.78 is 11.9. The van der Waals surface area contributed by atoms with Gasteiger partial charge in [-0.15, -0.1) is 0 Å². The molecule has 2 aromatic carbocycles. The second-order valence-electron chi connectivity index (χ2n) is 7.59. The Morgan fingerprint density at radius 3 is 2.72 bits per heavy atom. The van der Waals surface area contributed by atoms with Gasteiger partial charge in [-0.25, -0.2) is 0 Å². The van der Waals surface area contributed by atoms with E-state index in [1.165, 1.54) is 31.2 Å². The zero-order valence-corrected chi connectivity index (χ0v) is 18.4. The van der Waals surface area contributed by atoms with Crippen molar-refractivity contribution in [2.75, 3.05) is 13.2 Å². The number of rotatable bonds is 10. The van der Waals surface area contributed by atoms with Gasteiger partial charge >= 0.3 is 0 Å². The van der Waals surface area contributed by atoms with Crippen molar-refractivity contribution in [1.29, 1.82) is 0 Å². The Balaban J connectivity index is 1.61. The molecule has 0 heterocycles. The Morgan fingerprint density at radius 1 is 1.10 bits per heavy atom. The molecule has 0 spiro atoms. The number of hydrogen-bond donors (Lipinski definition) is 1. The van der Waals surface area contributed by atoms with Crippen LogP contribution in [0.5, 0.6) is 11.5 Å². The van der Waals surface area contributed by atoms with Crippen molar-refractivity contribution in [2.45, 2.75) is 59.1 Å². The Labute approximate surface area is 180 Å². The molecule has 1 aliphatic carbocycles. The predicted octanol–water partition coefficient (Wildman–Crippen LogP) is 6.61. The normalized spacial score (nSPS) is 13.8. The summed E-state index contributed by atoms with van der Waals surface area (Å²) in [6, 6.07) is 12.2. The molecule has 0 radical (unpaired) electrons. The van der Waals surface area contributed by atoms with Gasteiger partial charge in [-0.05, 0) is 81.3 Å². The maximum atomic E-state index is 6.57. The molecule has 0 aliphatic heterocycles. The first-order valence-corrected chi connectivity index (χ1v) is 11.1. The maximum absolute atomic E-state index is 6.57. The molecule has 0 saturated carbocycles. The van der Waals surface area contributed by atoms with Gasteiger partial charge in [-0.1, -0.05) is 47.5 Å². The first-order valence-electron chi connectivity index (χ1n) is 10.7. The molecule has 1 N–H and O–H groups in total. The van der Waals surface area contributed by atoms with Gasteiger partial charge in [0.25, 0.3) is 0 Å². The fourth-order valence-electron chi connectivity index (χ4n) is 3.66. The number of allylic oxidation sites excluding steroid dienone is 1. The summed E-state index contributed by atoms with van der Waals surface area (Å²) in [7, 11) is 0. The molecule has 2 aromatic rings. The number of nitrogens with one attached hydrogen (secondary N) is 1. The lowest BCUT2D eigenvalue weighted by molar-refractivity contribution is 0.269. The number of halogens is 1. The second-order valence-corrected chi connectivity index (χ2v) is 8.00. The summed E-state index contributed by atoms with van der Waals surface area (Å²) in [5.41, 5.74) is 5.06. The summed E-state index contributed by atoms with van der Waals surface area (Å²) in [5, 5.41) is 4.13. The molecule has 29 heavy (non-hydrogen) atoms. The first-order chi connectivity index (χ1) is 14.2. The quantitative estimate of drug-likeness (QED) is 0.351. The van der Waals surface area contributed by atoms with Crippen molar-refractivity contribution in [3.8, 4) is 11.5 Å². The van der Waals surface area contributed by atoms with Crippen molar-refractivity contribution < 1.29 is 9.47 Å². The average molecular weight is 414 g/mol. The maximum Gasteiger partial charge on any atom is 0.180 e. The van der Waals surface area contributed by atoms with E-state index in [1.54, 1.807) is 5.57 Å². The zero-order valence-electron chi connectivity index (χ0n) is 17.6. The third kappa shape index (κ3) is 6.52. The Hall–Kier alpha value is -1.97. The van der Waals surface area contributed by atoms with Crippen molar-refractivity contribution in [1.82, 2.24) is 5.32 Å². The van der Waals surface area contributed by atoms with Gasteiger partial charge in [0.05, 0.1) is 11.6 Å². The van der Waals surface area contributed by atoms with E-state index >= 15 is 0 Å². The molecule has 0 aromatic heterocycles. The number of hydrogen-bond acceptors (Lipinski definition) is 3. The minimum Gasteiger partial charge on any atom is -0.490 e. The Bertz CT molecular complexity index is 832. The number of aryl methyl sites for hydroxylation is 1. The molecule has 0 unspecified atom stereocenters. The average Bonchev–Trinajstić information content (AvgIpc) is 2.73. The molecule has 3 rings (SSSR count). The van der Waals surface area contributed by atoms with Crippen LogP contribution in [0.15, 0.2) is 48.0 Å². The molecule has 0 fully saturated rings. The lowest BCUT2D eigenvalue weighted by Gasteiger charge is -2.17. The van der Waals surface area contributed by atoms with E-state index in [0.717, 1.165) is 30.6 Å². The third-order valence-corrected chi connectivity index (χ3v) is 5.62. The highest BCUT2D eigenvalue weighted by molar-refractivity contribution is 6.32. The van der Waals surface area contributed by atoms with Gasteiger partial charge in [0.2, 0.25) is 0 Å². The highest BCUT2D eigenvalue weighted by Crippen LogP contribution is 2.37. The van der Waals surface area contributed by atoms with Crippen LogP contribution in [0.25, 0.3) is 0 Å². The monoisotopic (exact) mass is 413 g/mol. The fraction of sp³-hybridized carbons (Fsp3) is 0.440. The van der Waals surface area contributed by atoms with Crippen LogP contribution in [0.3, 0.4) is 0 Å². The van der Waals surface area contributed by atoms with Crippen LogP contribution in [0.4, 0.5) is 0 Å². The second kappa shape index (κ2) is 11.3. The topological polar surface area (TPSA) is 30.5 Å². The van der Waals surface area contributed by atoms with Gasteiger partial charge in [0, 0.05) is 6.54 Å². The van der Waals surface area contributed by atoms with Gasteiger partial charge in [0.15, 0.2) is 11.5 Å². The molecular formula is C25H32ClNO2. The van der Waals surface area contributed by atoms with Crippen LogP contribution < -0.4 is 14.8 Å². The van der Waals surface area contributed by atoms with Crippen molar-refractivity contribution in [3.05, 3.63) is 69.8 Å². The van der Waals surface area contributed by atoms with Gasteiger partial charge in [-0.3, -0.25) is 0 Å². The van der Waals surface area contributed by atoms with Crippen molar-refractivity contribution in [2.24, 2.45) is 0 Å². The highest BCUT2D eigenvalue weighted by Gasteiger charge is 2.13. The van der Waals surface area contributed by atoms with Gasteiger partial charge < -0.3 is 14.8 Å². The van der Waals surface area contributed by atoms with Crippen LogP contribution in [-0.2, 0) is 13.2 Å².